The summed E-state index contributed by atoms with van der Waals surface area (Å²) in [6.45, 7) is 14.4. The van der Waals surface area contributed by atoms with Crippen LogP contribution in [0.2, 0.25) is 0 Å². The Kier molecular flexibility index (Phi) is 5.77. The maximum absolute atomic E-state index is 9.40. The van der Waals surface area contributed by atoms with Crippen molar-refractivity contribution in [3.05, 3.63) is 16.1 Å². The zero-order chi connectivity index (χ0) is 15.5. The summed E-state index contributed by atoms with van der Waals surface area (Å²) in [5, 5.41) is 10.6. The van der Waals surface area contributed by atoms with Gasteiger partial charge in [0.25, 0.3) is 0 Å². The second-order valence-corrected chi connectivity index (χ2v) is 8.05. The molecule has 0 aromatic carbocycles. The highest BCUT2D eigenvalue weighted by atomic mass is 32.1. The first kappa shape index (κ1) is 16.9. The van der Waals surface area contributed by atoms with Gasteiger partial charge in [-0.05, 0) is 6.42 Å². The van der Waals surface area contributed by atoms with Gasteiger partial charge in [-0.3, -0.25) is 9.80 Å². The van der Waals surface area contributed by atoms with Crippen molar-refractivity contribution in [3.63, 3.8) is 0 Å². The van der Waals surface area contributed by atoms with Crippen molar-refractivity contribution in [2.24, 2.45) is 0 Å². The fourth-order valence-electron chi connectivity index (χ4n) is 2.74. The average molecular weight is 311 g/mol. The third kappa shape index (κ3) is 4.49. The number of aliphatic hydroxyl groups excluding tert-OH is 1. The SMILES string of the molecule is CC[C@H](CO)N1CCN(Cc2cnc(C(C)(C)C)s2)CC1. The van der Waals surface area contributed by atoms with Gasteiger partial charge in [0.1, 0.15) is 0 Å². The van der Waals surface area contributed by atoms with E-state index in [-0.39, 0.29) is 12.0 Å². The van der Waals surface area contributed by atoms with Gasteiger partial charge in [-0.2, -0.15) is 0 Å². The minimum atomic E-state index is 0.150. The van der Waals surface area contributed by atoms with Crippen molar-refractivity contribution in [2.75, 3.05) is 32.8 Å². The van der Waals surface area contributed by atoms with Crippen molar-refractivity contribution in [1.82, 2.24) is 14.8 Å². The maximum Gasteiger partial charge on any atom is 0.0981 e. The van der Waals surface area contributed by atoms with E-state index in [1.807, 2.05) is 17.5 Å². The van der Waals surface area contributed by atoms with Crippen LogP contribution in [-0.2, 0) is 12.0 Å². The number of hydrogen-bond donors (Lipinski definition) is 1. The third-order valence-corrected chi connectivity index (χ3v) is 5.59. The Bertz CT molecular complexity index is 429. The first-order chi connectivity index (χ1) is 9.94. The fraction of sp³-hybridized carbons (Fsp3) is 0.812. The van der Waals surface area contributed by atoms with E-state index >= 15 is 0 Å². The predicted octanol–water partition coefficient (Wildman–Crippen LogP) is 2.33. The summed E-state index contributed by atoms with van der Waals surface area (Å²) in [6.07, 6.45) is 3.07. The van der Waals surface area contributed by atoms with Crippen LogP contribution in [0.15, 0.2) is 6.20 Å². The number of aliphatic hydroxyl groups is 1. The van der Waals surface area contributed by atoms with E-state index in [0.29, 0.717) is 6.04 Å². The van der Waals surface area contributed by atoms with Crippen molar-refractivity contribution in [3.8, 4) is 0 Å². The van der Waals surface area contributed by atoms with Crippen LogP contribution in [0.3, 0.4) is 0 Å². The third-order valence-electron chi connectivity index (χ3n) is 4.18. The van der Waals surface area contributed by atoms with Crippen molar-refractivity contribution < 1.29 is 5.11 Å². The van der Waals surface area contributed by atoms with E-state index in [1.54, 1.807) is 0 Å². The Morgan fingerprint density at radius 2 is 1.95 bits per heavy atom. The van der Waals surface area contributed by atoms with Gasteiger partial charge < -0.3 is 5.11 Å². The van der Waals surface area contributed by atoms with Gasteiger partial charge in [0.05, 0.1) is 11.6 Å². The van der Waals surface area contributed by atoms with E-state index in [4.69, 9.17) is 0 Å². The Morgan fingerprint density at radius 3 is 2.43 bits per heavy atom. The molecule has 2 heterocycles. The molecular formula is C16H29N3OS. The molecule has 1 aliphatic heterocycles. The molecule has 5 heteroatoms. The average Bonchev–Trinajstić information content (AvgIpc) is 2.90. The fourth-order valence-corrected chi connectivity index (χ4v) is 3.75. The first-order valence-electron chi connectivity index (χ1n) is 7.96. The molecule has 0 spiro atoms. The van der Waals surface area contributed by atoms with Crippen LogP contribution in [0.1, 0.15) is 44.0 Å². The molecule has 1 aliphatic rings. The van der Waals surface area contributed by atoms with Crippen LogP contribution in [0, 0.1) is 0 Å². The molecule has 0 amide bonds. The summed E-state index contributed by atoms with van der Waals surface area (Å²) < 4.78 is 0. The highest BCUT2D eigenvalue weighted by molar-refractivity contribution is 7.11. The Balaban J connectivity index is 1.85. The topological polar surface area (TPSA) is 39.6 Å². The standard InChI is InChI=1S/C16H29N3OS/c1-5-13(12-20)19-8-6-18(7-9-19)11-14-10-17-15(21-14)16(2,3)4/h10,13,20H,5-9,11-12H2,1-4H3/t13-/m1/s1. The summed E-state index contributed by atoms with van der Waals surface area (Å²) in [7, 11) is 0. The van der Waals surface area contributed by atoms with Crippen LogP contribution in [-0.4, -0.2) is 58.7 Å². The molecule has 1 atom stereocenters. The molecule has 0 saturated carbocycles. The number of piperazine rings is 1. The van der Waals surface area contributed by atoms with Crippen LogP contribution >= 0.6 is 11.3 Å². The molecule has 1 aromatic rings. The Labute approximate surface area is 132 Å². The lowest BCUT2D eigenvalue weighted by Crippen LogP contribution is -2.50. The molecule has 1 saturated heterocycles. The molecule has 1 fully saturated rings. The zero-order valence-electron chi connectivity index (χ0n) is 13.8. The van der Waals surface area contributed by atoms with Crippen molar-refractivity contribution in [1.29, 1.82) is 0 Å². The normalized spacial score (nSPS) is 19.9. The molecule has 2 rings (SSSR count). The lowest BCUT2D eigenvalue weighted by Gasteiger charge is -2.38. The minimum absolute atomic E-state index is 0.150. The number of hydrogen-bond acceptors (Lipinski definition) is 5. The smallest absolute Gasteiger partial charge is 0.0981 e. The summed E-state index contributed by atoms with van der Waals surface area (Å²) in [6, 6.07) is 0.336. The van der Waals surface area contributed by atoms with Crippen molar-refractivity contribution in [2.45, 2.75) is 52.1 Å². The first-order valence-corrected chi connectivity index (χ1v) is 8.78. The lowest BCUT2D eigenvalue weighted by atomic mass is 9.98. The summed E-state index contributed by atoms with van der Waals surface area (Å²) in [4.78, 5) is 10.9. The highest BCUT2D eigenvalue weighted by Crippen LogP contribution is 2.27. The molecule has 0 radical (unpaired) electrons. The van der Waals surface area contributed by atoms with Crippen LogP contribution in [0.25, 0.3) is 0 Å². The minimum Gasteiger partial charge on any atom is -0.395 e. The number of aromatic nitrogens is 1. The van der Waals surface area contributed by atoms with Crippen molar-refractivity contribution >= 4 is 11.3 Å². The quantitative estimate of drug-likeness (QED) is 0.906. The van der Waals surface area contributed by atoms with E-state index < -0.39 is 0 Å². The molecule has 1 N–H and O–H groups in total. The summed E-state index contributed by atoms with van der Waals surface area (Å²) in [5.41, 5.74) is 0.150. The van der Waals surface area contributed by atoms with Gasteiger partial charge in [-0.15, -0.1) is 11.3 Å². The monoisotopic (exact) mass is 311 g/mol. The Hall–Kier alpha value is -0.490. The predicted molar refractivity (Wildman–Crippen MR) is 88.8 cm³/mol. The van der Waals surface area contributed by atoms with E-state index in [1.165, 1.54) is 9.88 Å². The molecule has 21 heavy (non-hydrogen) atoms. The lowest BCUT2D eigenvalue weighted by molar-refractivity contribution is 0.0612. The van der Waals surface area contributed by atoms with Gasteiger partial charge in [0.2, 0.25) is 0 Å². The number of thiazole rings is 1. The largest absolute Gasteiger partial charge is 0.395 e. The van der Waals surface area contributed by atoms with Gasteiger partial charge in [-0.1, -0.05) is 27.7 Å². The van der Waals surface area contributed by atoms with Gasteiger partial charge in [0.15, 0.2) is 0 Å². The second-order valence-electron chi connectivity index (χ2n) is 6.94. The van der Waals surface area contributed by atoms with Crippen LogP contribution in [0.4, 0.5) is 0 Å². The van der Waals surface area contributed by atoms with Gasteiger partial charge in [-0.25, -0.2) is 4.98 Å². The zero-order valence-corrected chi connectivity index (χ0v) is 14.6. The molecule has 0 bridgehead atoms. The summed E-state index contributed by atoms with van der Waals surface area (Å²) in [5.74, 6) is 0. The molecule has 0 unspecified atom stereocenters. The van der Waals surface area contributed by atoms with E-state index in [9.17, 15) is 5.11 Å². The second kappa shape index (κ2) is 7.18. The molecule has 4 nitrogen and oxygen atoms in total. The molecule has 120 valence electrons. The molecule has 0 aliphatic carbocycles. The number of rotatable bonds is 5. The van der Waals surface area contributed by atoms with Gasteiger partial charge >= 0.3 is 0 Å². The van der Waals surface area contributed by atoms with Gasteiger partial charge in [0, 0.05) is 55.3 Å². The van der Waals surface area contributed by atoms with Crippen LogP contribution in [0.5, 0.6) is 0 Å². The van der Waals surface area contributed by atoms with E-state index in [0.717, 1.165) is 39.1 Å². The highest BCUT2D eigenvalue weighted by Gasteiger charge is 2.23. The Morgan fingerprint density at radius 1 is 1.29 bits per heavy atom. The summed E-state index contributed by atoms with van der Waals surface area (Å²) >= 11 is 1.84. The maximum atomic E-state index is 9.40. The number of nitrogens with zero attached hydrogens (tertiary/aromatic N) is 3. The van der Waals surface area contributed by atoms with E-state index in [2.05, 4.69) is 42.5 Å². The molecule has 1 aromatic heterocycles. The van der Waals surface area contributed by atoms with Crippen LogP contribution < -0.4 is 0 Å². The molecular weight excluding hydrogens is 282 g/mol.